The monoisotopic (exact) mass is 290 g/mol. The topological polar surface area (TPSA) is 41.0 Å². The number of anilines is 2. The molecule has 2 rings (SSSR count). The third kappa shape index (κ3) is 4.08. The van der Waals surface area contributed by atoms with Crippen LogP contribution in [0.5, 0.6) is 0 Å². The van der Waals surface area contributed by atoms with E-state index >= 15 is 0 Å². The van der Waals surface area contributed by atoms with Crippen molar-refractivity contribution in [2.45, 2.75) is 59.8 Å². The van der Waals surface area contributed by atoms with Gasteiger partial charge in [-0.2, -0.15) is 0 Å². The maximum atomic E-state index is 4.73. The van der Waals surface area contributed by atoms with Crippen LogP contribution in [-0.4, -0.2) is 29.6 Å². The van der Waals surface area contributed by atoms with Crippen molar-refractivity contribution in [3.05, 3.63) is 11.9 Å². The van der Waals surface area contributed by atoms with Crippen molar-refractivity contribution in [3.63, 3.8) is 0 Å². The van der Waals surface area contributed by atoms with Crippen molar-refractivity contribution in [3.8, 4) is 0 Å². The normalized spacial score (nSPS) is 17.8. The number of aromatic nitrogens is 2. The fraction of sp³-hybridized carbons (Fsp3) is 0.765. The molecule has 4 nitrogen and oxygen atoms in total. The summed E-state index contributed by atoms with van der Waals surface area (Å²) in [4.78, 5) is 11.7. The van der Waals surface area contributed by atoms with Crippen molar-refractivity contribution < 1.29 is 0 Å². The van der Waals surface area contributed by atoms with Crippen LogP contribution in [0.2, 0.25) is 0 Å². The molecule has 1 saturated heterocycles. The predicted molar refractivity (Wildman–Crippen MR) is 90.0 cm³/mol. The van der Waals surface area contributed by atoms with Gasteiger partial charge in [0.05, 0.1) is 0 Å². The van der Waals surface area contributed by atoms with Gasteiger partial charge in [-0.05, 0) is 24.7 Å². The average Bonchev–Trinajstić information content (AvgIpc) is 2.53. The van der Waals surface area contributed by atoms with Crippen LogP contribution in [0.4, 0.5) is 11.6 Å². The predicted octanol–water partition coefficient (Wildman–Crippen LogP) is 3.88. The summed E-state index contributed by atoms with van der Waals surface area (Å²) in [6, 6.07) is 2.11. The Balaban J connectivity index is 2.12. The highest BCUT2D eigenvalue weighted by Crippen LogP contribution is 2.35. The summed E-state index contributed by atoms with van der Waals surface area (Å²) in [5, 5.41) is 3.40. The molecule has 1 N–H and O–H groups in total. The number of nitrogens with one attached hydrogen (secondary N) is 1. The van der Waals surface area contributed by atoms with E-state index in [-0.39, 0.29) is 0 Å². The second kappa shape index (κ2) is 7.10. The van der Waals surface area contributed by atoms with Gasteiger partial charge in [0.2, 0.25) is 0 Å². The average molecular weight is 290 g/mol. The molecule has 0 radical (unpaired) electrons. The number of aryl methyl sites for hydroxylation is 1. The number of hydrogen-bond acceptors (Lipinski definition) is 4. The van der Waals surface area contributed by atoms with Gasteiger partial charge in [-0.15, -0.1) is 0 Å². The Labute approximate surface area is 129 Å². The van der Waals surface area contributed by atoms with Gasteiger partial charge >= 0.3 is 0 Å². The SMILES string of the molecule is CCCNc1cc(N2CCC(C)(CC)CC2)nc(CC)n1. The number of rotatable bonds is 6. The Morgan fingerprint density at radius 2 is 1.90 bits per heavy atom. The Bertz CT molecular complexity index is 450. The molecule has 2 heterocycles. The third-order valence-electron chi connectivity index (χ3n) is 4.78. The lowest BCUT2D eigenvalue weighted by Crippen LogP contribution is -2.39. The first-order valence-electron chi connectivity index (χ1n) is 8.47. The molecule has 21 heavy (non-hydrogen) atoms. The zero-order chi connectivity index (χ0) is 15.3. The maximum Gasteiger partial charge on any atom is 0.134 e. The summed E-state index contributed by atoms with van der Waals surface area (Å²) in [5.41, 5.74) is 0.514. The molecule has 1 aliphatic rings. The van der Waals surface area contributed by atoms with Gasteiger partial charge in [-0.1, -0.05) is 34.1 Å². The van der Waals surface area contributed by atoms with E-state index in [1.165, 1.54) is 19.3 Å². The quantitative estimate of drug-likeness (QED) is 0.863. The Morgan fingerprint density at radius 1 is 1.19 bits per heavy atom. The molecule has 1 aliphatic heterocycles. The highest BCUT2D eigenvalue weighted by atomic mass is 15.2. The molecule has 0 amide bonds. The highest BCUT2D eigenvalue weighted by molar-refractivity contribution is 5.49. The molecule has 0 aliphatic carbocycles. The van der Waals surface area contributed by atoms with Crippen LogP contribution in [0.3, 0.4) is 0 Å². The maximum absolute atomic E-state index is 4.73. The van der Waals surface area contributed by atoms with E-state index in [0.29, 0.717) is 5.41 Å². The summed E-state index contributed by atoms with van der Waals surface area (Å²) in [6.07, 6.45) is 5.78. The summed E-state index contributed by atoms with van der Waals surface area (Å²) in [5.74, 6) is 3.01. The van der Waals surface area contributed by atoms with E-state index in [9.17, 15) is 0 Å². The van der Waals surface area contributed by atoms with Gasteiger partial charge in [-0.3, -0.25) is 0 Å². The first kappa shape index (κ1) is 16.1. The van der Waals surface area contributed by atoms with Gasteiger partial charge in [0.1, 0.15) is 17.5 Å². The van der Waals surface area contributed by atoms with E-state index in [1.54, 1.807) is 0 Å². The summed E-state index contributed by atoms with van der Waals surface area (Å²) >= 11 is 0. The smallest absolute Gasteiger partial charge is 0.134 e. The van der Waals surface area contributed by atoms with Gasteiger partial charge in [0.25, 0.3) is 0 Å². The van der Waals surface area contributed by atoms with Crippen molar-refractivity contribution in [1.82, 2.24) is 9.97 Å². The highest BCUT2D eigenvalue weighted by Gasteiger charge is 2.29. The fourth-order valence-corrected chi connectivity index (χ4v) is 2.78. The number of hydrogen-bond donors (Lipinski definition) is 1. The molecule has 0 saturated carbocycles. The van der Waals surface area contributed by atoms with Crippen LogP contribution < -0.4 is 10.2 Å². The molecular weight excluding hydrogens is 260 g/mol. The molecule has 1 fully saturated rings. The lowest BCUT2D eigenvalue weighted by molar-refractivity contribution is 0.237. The van der Waals surface area contributed by atoms with E-state index in [0.717, 1.165) is 49.9 Å². The van der Waals surface area contributed by atoms with Gasteiger partial charge < -0.3 is 10.2 Å². The molecule has 0 unspecified atom stereocenters. The molecule has 0 aromatic carbocycles. The van der Waals surface area contributed by atoms with Crippen molar-refractivity contribution in [2.24, 2.45) is 5.41 Å². The molecule has 0 bridgehead atoms. The second-order valence-corrected chi connectivity index (χ2v) is 6.46. The van der Waals surface area contributed by atoms with E-state index in [2.05, 4.69) is 49.0 Å². The van der Waals surface area contributed by atoms with Crippen LogP contribution in [0, 0.1) is 5.41 Å². The van der Waals surface area contributed by atoms with Gasteiger partial charge in [-0.25, -0.2) is 9.97 Å². The molecule has 4 heteroatoms. The first-order chi connectivity index (χ1) is 10.1. The number of nitrogens with zero attached hydrogens (tertiary/aromatic N) is 3. The molecule has 118 valence electrons. The Hall–Kier alpha value is -1.32. The molecule has 1 aromatic heterocycles. The van der Waals surface area contributed by atoms with Crippen molar-refractivity contribution in [2.75, 3.05) is 29.9 Å². The number of piperidine rings is 1. The fourth-order valence-electron chi connectivity index (χ4n) is 2.78. The molecular formula is C17H30N4. The molecule has 0 spiro atoms. The zero-order valence-electron chi connectivity index (χ0n) is 14.1. The second-order valence-electron chi connectivity index (χ2n) is 6.46. The molecule has 1 aromatic rings. The van der Waals surface area contributed by atoms with Crippen LogP contribution in [0.25, 0.3) is 0 Å². The lowest BCUT2D eigenvalue weighted by atomic mass is 9.78. The van der Waals surface area contributed by atoms with Crippen LogP contribution in [-0.2, 0) is 6.42 Å². The lowest BCUT2D eigenvalue weighted by Gasteiger charge is -2.39. The minimum atomic E-state index is 0.514. The summed E-state index contributed by atoms with van der Waals surface area (Å²) in [7, 11) is 0. The zero-order valence-corrected chi connectivity index (χ0v) is 14.1. The van der Waals surface area contributed by atoms with Crippen LogP contribution in [0.1, 0.15) is 59.2 Å². The van der Waals surface area contributed by atoms with E-state index < -0.39 is 0 Å². The first-order valence-corrected chi connectivity index (χ1v) is 8.47. The van der Waals surface area contributed by atoms with Crippen LogP contribution >= 0.6 is 0 Å². The third-order valence-corrected chi connectivity index (χ3v) is 4.78. The molecule has 0 atom stereocenters. The standard InChI is InChI=1S/C17H30N4/c1-5-10-18-15-13-16(20-14(6-2)19-15)21-11-8-17(4,7-3)9-12-21/h13H,5-12H2,1-4H3,(H,18,19,20). The minimum Gasteiger partial charge on any atom is -0.370 e. The van der Waals surface area contributed by atoms with E-state index in [1.807, 2.05) is 0 Å². The van der Waals surface area contributed by atoms with Crippen molar-refractivity contribution >= 4 is 11.6 Å². The summed E-state index contributed by atoms with van der Waals surface area (Å²) < 4.78 is 0. The Morgan fingerprint density at radius 3 is 2.48 bits per heavy atom. The van der Waals surface area contributed by atoms with Gasteiger partial charge in [0.15, 0.2) is 0 Å². The minimum absolute atomic E-state index is 0.514. The van der Waals surface area contributed by atoms with Crippen LogP contribution in [0.15, 0.2) is 6.07 Å². The van der Waals surface area contributed by atoms with Crippen molar-refractivity contribution in [1.29, 1.82) is 0 Å². The van der Waals surface area contributed by atoms with E-state index in [4.69, 9.17) is 4.98 Å². The Kier molecular flexibility index (Phi) is 5.43. The van der Waals surface area contributed by atoms with Gasteiger partial charge in [0, 0.05) is 32.1 Å². The summed E-state index contributed by atoms with van der Waals surface area (Å²) in [6.45, 7) is 12.2. The largest absolute Gasteiger partial charge is 0.370 e.